The number of esters is 1. The van der Waals surface area contributed by atoms with Crippen LogP contribution in [0.25, 0.3) is 0 Å². The molecule has 28 heavy (non-hydrogen) atoms. The molecule has 1 atom stereocenters. The van der Waals surface area contributed by atoms with Crippen molar-refractivity contribution in [2.75, 3.05) is 29.8 Å². The number of carbonyl (C=O) groups excluding carboxylic acids is 3. The van der Waals surface area contributed by atoms with Gasteiger partial charge in [0.05, 0.1) is 34.6 Å². The molecule has 3 rings (SSSR count). The van der Waals surface area contributed by atoms with Crippen LogP contribution in [0.3, 0.4) is 0 Å². The highest BCUT2D eigenvalue weighted by atomic mass is 35.5. The third kappa shape index (κ3) is 4.00. The fraction of sp³-hybridized carbons (Fsp3) is 0.500. The SMILES string of the molecule is CCOC(=O)C1CCCN(C(=O)c2cc(N3C(=O)CCS3(=O)=O)ccc2Cl)C1. The first-order valence-corrected chi connectivity index (χ1v) is 11.0. The molecule has 0 aliphatic carbocycles. The molecule has 0 radical (unpaired) electrons. The largest absolute Gasteiger partial charge is 0.466 e. The van der Waals surface area contributed by atoms with E-state index < -0.39 is 27.8 Å². The van der Waals surface area contributed by atoms with Crippen LogP contribution in [0.2, 0.25) is 5.02 Å². The summed E-state index contributed by atoms with van der Waals surface area (Å²) in [6.07, 6.45) is 1.18. The standard InChI is InChI=1S/C18H21ClN2O6S/c1-2-27-18(24)12-4-3-8-20(11-12)17(23)14-10-13(5-6-15(14)19)21-16(22)7-9-28(21,25)26/h5-6,10,12H,2-4,7-9,11H2,1H3. The normalized spacial score (nSPS) is 21.6. The predicted octanol–water partition coefficient (Wildman–Crippen LogP) is 1.82. The summed E-state index contributed by atoms with van der Waals surface area (Å²) in [6.45, 7) is 2.66. The van der Waals surface area contributed by atoms with E-state index in [9.17, 15) is 22.8 Å². The van der Waals surface area contributed by atoms with Crippen molar-refractivity contribution in [2.45, 2.75) is 26.2 Å². The molecule has 2 aliphatic heterocycles. The van der Waals surface area contributed by atoms with Crippen molar-refractivity contribution >= 4 is 45.1 Å². The van der Waals surface area contributed by atoms with E-state index in [0.717, 1.165) is 4.31 Å². The van der Waals surface area contributed by atoms with Crippen molar-refractivity contribution < 1.29 is 27.5 Å². The molecule has 1 aromatic rings. The van der Waals surface area contributed by atoms with Gasteiger partial charge in [-0.1, -0.05) is 11.6 Å². The maximum atomic E-state index is 13.0. The fourth-order valence-corrected chi connectivity index (χ4v) is 5.11. The van der Waals surface area contributed by atoms with Gasteiger partial charge in [-0.3, -0.25) is 14.4 Å². The monoisotopic (exact) mass is 428 g/mol. The van der Waals surface area contributed by atoms with Crippen LogP contribution in [0, 0.1) is 5.92 Å². The van der Waals surface area contributed by atoms with E-state index in [1.807, 2.05) is 0 Å². The number of nitrogens with zero attached hydrogens (tertiary/aromatic N) is 2. The van der Waals surface area contributed by atoms with Crippen LogP contribution in [0.15, 0.2) is 18.2 Å². The molecule has 0 saturated carbocycles. The number of anilines is 1. The smallest absolute Gasteiger partial charge is 0.310 e. The van der Waals surface area contributed by atoms with Gasteiger partial charge in [0.2, 0.25) is 15.9 Å². The van der Waals surface area contributed by atoms with E-state index in [4.69, 9.17) is 16.3 Å². The Balaban J connectivity index is 1.86. The first-order valence-electron chi connectivity index (χ1n) is 9.06. The van der Waals surface area contributed by atoms with Crippen LogP contribution >= 0.6 is 11.6 Å². The molecule has 1 unspecified atom stereocenters. The molecule has 1 aromatic carbocycles. The molecular formula is C18H21ClN2O6S. The number of benzene rings is 1. The summed E-state index contributed by atoms with van der Waals surface area (Å²) < 4.78 is 30.1. The van der Waals surface area contributed by atoms with E-state index >= 15 is 0 Å². The second-order valence-electron chi connectivity index (χ2n) is 6.73. The number of hydrogen-bond donors (Lipinski definition) is 0. The van der Waals surface area contributed by atoms with Gasteiger partial charge in [-0.05, 0) is 38.0 Å². The number of ether oxygens (including phenoxy) is 1. The topological polar surface area (TPSA) is 101 Å². The van der Waals surface area contributed by atoms with Gasteiger partial charge in [-0.2, -0.15) is 0 Å². The second kappa shape index (κ2) is 8.08. The summed E-state index contributed by atoms with van der Waals surface area (Å²) >= 11 is 6.18. The molecule has 152 valence electrons. The van der Waals surface area contributed by atoms with Gasteiger partial charge in [-0.15, -0.1) is 0 Å². The van der Waals surface area contributed by atoms with Crippen molar-refractivity contribution in [1.29, 1.82) is 0 Å². The van der Waals surface area contributed by atoms with Crippen molar-refractivity contribution in [3.63, 3.8) is 0 Å². The third-order valence-electron chi connectivity index (χ3n) is 4.82. The highest BCUT2D eigenvalue weighted by Gasteiger charge is 2.37. The van der Waals surface area contributed by atoms with E-state index in [2.05, 4.69) is 0 Å². The maximum absolute atomic E-state index is 13.0. The van der Waals surface area contributed by atoms with Gasteiger partial charge in [0.25, 0.3) is 5.91 Å². The zero-order valence-corrected chi connectivity index (χ0v) is 17.0. The zero-order valence-electron chi connectivity index (χ0n) is 15.4. The first-order chi connectivity index (χ1) is 13.2. The van der Waals surface area contributed by atoms with Gasteiger partial charge in [0.1, 0.15) is 0 Å². The first kappa shape index (κ1) is 20.6. The molecular weight excluding hydrogens is 408 g/mol. The Hall–Kier alpha value is -2.13. The predicted molar refractivity (Wildman–Crippen MR) is 103 cm³/mol. The number of sulfonamides is 1. The summed E-state index contributed by atoms with van der Waals surface area (Å²) in [6, 6.07) is 4.12. The Kier molecular flexibility index (Phi) is 5.95. The van der Waals surface area contributed by atoms with E-state index in [1.165, 1.54) is 23.1 Å². The summed E-state index contributed by atoms with van der Waals surface area (Å²) in [5.41, 5.74) is 0.188. The molecule has 8 nitrogen and oxygen atoms in total. The molecule has 2 aliphatic rings. The minimum atomic E-state index is -3.74. The molecule has 0 bridgehead atoms. The van der Waals surface area contributed by atoms with E-state index in [-0.39, 0.29) is 47.6 Å². The summed E-state index contributed by atoms with van der Waals surface area (Å²) in [5, 5.41) is 0.149. The Bertz CT molecular complexity index is 917. The molecule has 10 heteroatoms. The molecule has 0 spiro atoms. The molecule has 2 amide bonds. The van der Waals surface area contributed by atoms with Crippen molar-refractivity contribution in [1.82, 2.24) is 4.90 Å². The van der Waals surface area contributed by atoms with E-state index in [1.54, 1.807) is 6.92 Å². The highest BCUT2D eigenvalue weighted by Crippen LogP contribution is 2.30. The van der Waals surface area contributed by atoms with Gasteiger partial charge in [0.15, 0.2) is 0 Å². The van der Waals surface area contributed by atoms with Crippen LogP contribution < -0.4 is 4.31 Å². The lowest BCUT2D eigenvalue weighted by Gasteiger charge is -2.32. The lowest BCUT2D eigenvalue weighted by molar-refractivity contribution is -0.149. The minimum Gasteiger partial charge on any atom is -0.466 e. The molecule has 2 heterocycles. The number of piperidine rings is 1. The summed E-state index contributed by atoms with van der Waals surface area (Å²) in [7, 11) is -3.74. The zero-order chi connectivity index (χ0) is 20.5. The molecule has 0 aromatic heterocycles. The number of likely N-dealkylation sites (tertiary alicyclic amines) is 1. The number of halogens is 1. The van der Waals surface area contributed by atoms with Gasteiger partial charge in [0, 0.05) is 19.5 Å². The second-order valence-corrected chi connectivity index (χ2v) is 9.08. The van der Waals surface area contributed by atoms with Crippen molar-refractivity contribution in [3.8, 4) is 0 Å². The summed E-state index contributed by atoms with van der Waals surface area (Å²) in [4.78, 5) is 38.5. The van der Waals surface area contributed by atoms with Crippen LogP contribution in [0.1, 0.15) is 36.5 Å². The van der Waals surface area contributed by atoms with Gasteiger partial charge in [-0.25, -0.2) is 12.7 Å². The Morgan fingerprint density at radius 3 is 2.71 bits per heavy atom. The summed E-state index contributed by atoms with van der Waals surface area (Å²) in [5.74, 6) is -1.95. The van der Waals surface area contributed by atoms with Crippen LogP contribution in [-0.4, -0.2) is 56.6 Å². The Morgan fingerprint density at radius 1 is 1.32 bits per heavy atom. The average Bonchev–Trinajstić information content (AvgIpc) is 2.95. The number of carbonyl (C=O) groups is 3. The lowest BCUT2D eigenvalue weighted by atomic mass is 9.97. The van der Waals surface area contributed by atoms with Gasteiger partial charge >= 0.3 is 5.97 Å². The third-order valence-corrected chi connectivity index (χ3v) is 6.84. The number of amides is 2. The number of hydrogen-bond acceptors (Lipinski definition) is 6. The van der Waals surface area contributed by atoms with Crippen LogP contribution in [0.5, 0.6) is 0 Å². The molecule has 2 saturated heterocycles. The highest BCUT2D eigenvalue weighted by molar-refractivity contribution is 7.94. The van der Waals surface area contributed by atoms with Crippen LogP contribution in [0.4, 0.5) is 5.69 Å². The molecule has 2 fully saturated rings. The fourth-order valence-electron chi connectivity index (χ4n) is 3.46. The quantitative estimate of drug-likeness (QED) is 0.678. The van der Waals surface area contributed by atoms with Crippen molar-refractivity contribution in [3.05, 3.63) is 28.8 Å². The molecule has 0 N–H and O–H groups in total. The number of rotatable bonds is 4. The minimum absolute atomic E-state index is 0.0919. The average molecular weight is 429 g/mol. The van der Waals surface area contributed by atoms with Crippen molar-refractivity contribution in [2.24, 2.45) is 5.92 Å². The maximum Gasteiger partial charge on any atom is 0.310 e. The lowest BCUT2D eigenvalue weighted by Crippen LogP contribution is -2.43. The Morgan fingerprint density at radius 2 is 2.07 bits per heavy atom. The Labute approximate surface area is 168 Å². The van der Waals surface area contributed by atoms with E-state index in [0.29, 0.717) is 19.4 Å². The van der Waals surface area contributed by atoms with Crippen LogP contribution in [-0.2, 0) is 24.3 Å². The van der Waals surface area contributed by atoms with Gasteiger partial charge < -0.3 is 9.64 Å².